The third-order valence-electron chi connectivity index (χ3n) is 3.26. The summed E-state index contributed by atoms with van der Waals surface area (Å²) in [5.74, 6) is 0.0464. The molecular weight excluding hydrogens is 270 g/mol. The molecule has 0 bridgehead atoms. The molecule has 3 heteroatoms. The maximum atomic E-state index is 12.0. The van der Waals surface area contributed by atoms with Crippen molar-refractivity contribution >= 4 is 28.3 Å². The lowest BCUT2D eigenvalue weighted by molar-refractivity contribution is -0.121. The number of amides is 1. The molecule has 1 amide bonds. The smallest absolute Gasteiger partial charge is 0.224 e. The van der Waals surface area contributed by atoms with E-state index in [1.807, 2.05) is 32.0 Å². The van der Waals surface area contributed by atoms with Crippen LogP contribution in [0.3, 0.4) is 0 Å². The Hall–Kier alpha value is -1.54. The van der Waals surface area contributed by atoms with Crippen LogP contribution >= 0.6 is 11.6 Å². The highest BCUT2D eigenvalue weighted by atomic mass is 35.5. The monoisotopic (exact) mass is 289 g/mol. The second-order valence-corrected chi connectivity index (χ2v) is 6.09. The molecular formula is C17H20ClNO. The molecule has 2 unspecified atom stereocenters. The minimum atomic E-state index is 0.0464. The standard InChI is InChI=1S/C17H20ClNO/c1-12(18)9-13(2)19-17(20)11-14-7-8-15-5-3-4-6-16(15)10-14/h3-8,10,12-13H,9,11H2,1-2H3,(H,19,20). The number of alkyl halides is 1. The third-order valence-corrected chi connectivity index (χ3v) is 3.44. The topological polar surface area (TPSA) is 29.1 Å². The van der Waals surface area contributed by atoms with Crippen molar-refractivity contribution in [3.8, 4) is 0 Å². The molecule has 0 spiro atoms. The molecule has 0 saturated heterocycles. The highest BCUT2D eigenvalue weighted by molar-refractivity contribution is 6.20. The number of carbonyl (C=O) groups excluding carboxylic acids is 1. The summed E-state index contributed by atoms with van der Waals surface area (Å²) in [5, 5.41) is 5.42. The summed E-state index contributed by atoms with van der Waals surface area (Å²) in [5.41, 5.74) is 1.03. The lowest BCUT2D eigenvalue weighted by Crippen LogP contribution is -2.34. The molecule has 1 N–H and O–H groups in total. The predicted molar refractivity (Wildman–Crippen MR) is 85.2 cm³/mol. The van der Waals surface area contributed by atoms with Crippen molar-refractivity contribution in [1.82, 2.24) is 5.32 Å². The van der Waals surface area contributed by atoms with Crippen molar-refractivity contribution in [1.29, 1.82) is 0 Å². The van der Waals surface area contributed by atoms with Gasteiger partial charge in [0.15, 0.2) is 0 Å². The number of hydrogen-bond donors (Lipinski definition) is 1. The zero-order valence-electron chi connectivity index (χ0n) is 11.9. The van der Waals surface area contributed by atoms with Crippen molar-refractivity contribution in [3.63, 3.8) is 0 Å². The van der Waals surface area contributed by atoms with Gasteiger partial charge < -0.3 is 5.32 Å². The summed E-state index contributed by atoms with van der Waals surface area (Å²) in [6, 6.07) is 14.4. The van der Waals surface area contributed by atoms with E-state index in [2.05, 4.69) is 29.6 Å². The summed E-state index contributed by atoms with van der Waals surface area (Å²) in [6.07, 6.45) is 1.19. The Morgan fingerprint density at radius 2 is 1.85 bits per heavy atom. The summed E-state index contributed by atoms with van der Waals surface area (Å²) < 4.78 is 0. The van der Waals surface area contributed by atoms with Crippen LogP contribution in [-0.4, -0.2) is 17.3 Å². The molecule has 0 saturated carbocycles. The average Bonchev–Trinajstić information content (AvgIpc) is 2.37. The Bertz CT molecular complexity index is 594. The van der Waals surface area contributed by atoms with Gasteiger partial charge in [-0.15, -0.1) is 11.6 Å². The van der Waals surface area contributed by atoms with Gasteiger partial charge in [0.25, 0.3) is 0 Å². The first-order valence-electron chi connectivity index (χ1n) is 6.95. The zero-order chi connectivity index (χ0) is 14.5. The average molecular weight is 290 g/mol. The van der Waals surface area contributed by atoms with Gasteiger partial charge in [-0.3, -0.25) is 4.79 Å². The summed E-state index contributed by atoms with van der Waals surface area (Å²) in [4.78, 5) is 12.0. The maximum absolute atomic E-state index is 12.0. The van der Waals surface area contributed by atoms with E-state index in [4.69, 9.17) is 11.6 Å². The molecule has 0 aliphatic carbocycles. The van der Waals surface area contributed by atoms with Crippen molar-refractivity contribution in [2.24, 2.45) is 0 Å². The van der Waals surface area contributed by atoms with E-state index in [9.17, 15) is 4.79 Å². The number of benzene rings is 2. The molecule has 106 valence electrons. The molecule has 0 aromatic heterocycles. The van der Waals surface area contributed by atoms with E-state index in [-0.39, 0.29) is 17.3 Å². The van der Waals surface area contributed by atoms with Crippen LogP contribution in [0.1, 0.15) is 25.8 Å². The minimum Gasteiger partial charge on any atom is -0.353 e. The number of nitrogens with one attached hydrogen (secondary N) is 1. The normalized spacial score (nSPS) is 13.9. The number of halogens is 1. The van der Waals surface area contributed by atoms with Crippen molar-refractivity contribution in [3.05, 3.63) is 48.0 Å². The molecule has 2 aromatic carbocycles. The fourth-order valence-corrected chi connectivity index (χ4v) is 2.67. The number of carbonyl (C=O) groups is 1. The van der Waals surface area contributed by atoms with E-state index in [1.165, 1.54) is 10.8 Å². The zero-order valence-corrected chi connectivity index (χ0v) is 12.7. The lowest BCUT2D eigenvalue weighted by Gasteiger charge is -2.15. The van der Waals surface area contributed by atoms with Crippen molar-refractivity contribution in [2.45, 2.75) is 38.1 Å². The Labute approximate surface area is 125 Å². The third kappa shape index (κ3) is 4.24. The number of hydrogen-bond acceptors (Lipinski definition) is 1. The first kappa shape index (κ1) is 14.9. The molecule has 2 rings (SSSR count). The fourth-order valence-electron chi connectivity index (χ4n) is 2.41. The molecule has 0 aliphatic heterocycles. The quantitative estimate of drug-likeness (QED) is 0.831. The molecule has 2 aromatic rings. The van der Waals surface area contributed by atoms with Crippen LogP contribution in [0.15, 0.2) is 42.5 Å². The van der Waals surface area contributed by atoms with E-state index in [1.54, 1.807) is 0 Å². The summed E-state index contributed by atoms with van der Waals surface area (Å²) in [7, 11) is 0. The van der Waals surface area contributed by atoms with Gasteiger partial charge in [-0.25, -0.2) is 0 Å². The van der Waals surface area contributed by atoms with Crippen molar-refractivity contribution in [2.75, 3.05) is 0 Å². The van der Waals surface area contributed by atoms with Crippen LogP contribution in [0.5, 0.6) is 0 Å². The highest BCUT2D eigenvalue weighted by Crippen LogP contribution is 2.16. The van der Waals surface area contributed by atoms with Gasteiger partial charge in [0.2, 0.25) is 5.91 Å². The van der Waals surface area contributed by atoms with Gasteiger partial charge in [0, 0.05) is 11.4 Å². The van der Waals surface area contributed by atoms with Crippen LogP contribution < -0.4 is 5.32 Å². The Balaban J connectivity index is 1.99. The number of fused-ring (bicyclic) bond motifs is 1. The molecule has 0 radical (unpaired) electrons. The van der Waals surface area contributed by atoms with Crippen LogP contribution in [0, 0.1) is 0 Å². The largest absolute Gasteiger partial charge is 0.353 e. The van der Waals surface area contributed by atoms with Gasteiger partial charge >= 0.3 is 0 Å². The Morgan fingerprint density at radius 1 is 1.15 bits per heavy atom. The van der Waals surface area contributed by atoms with Gasteiger partial charge in [-0.05, 0) is 36.6 Å². The van der Waals surface area contributed by atoms with E-state index in [0.717, 1.165) is 12.0 Å². The molecule has 0 fully saturated rings. The highest BCUT2D eigenvalue weighted by Gasteiger charge is 2.10. The second-order valence-electron chi connectivity index (χ2n) is 5.34. The summed E-state index contributed by atoms with van der Waals surface area (Å²) in [6.45, 7) is 3.92. The van der Waals surface area contributed by atoms with Gasteiger partial charge in [-0.1, -0.05) is 42.5 Å². The van der Waals surface area contributed by atoms with E-state index in [0.29, 0.717) is 6.42 Å². The minimum absolute atomic E-state index is 0.0464. The molecule has 20 heavy (non-hydrogen) atoms. The second kappa shape index (κ2) is 6.76. The van der Waals surface area contributed by atoms with Crippen LogP contribution in [0.2, 0.25) is 0 Å². The maximum Gasteiger partial charge on any atom is 0.224 e. The predicted octanol–water partition coefficient (Wildman–Crippen LogP) is 3.90. The van der Waals surface area contributed by atoms with Crippen molar-refractivity contribution < 1.29 is 4.79 Å². The van der Waals surface area contributed by atoms with Gasteiger partial charge in [-0.2, -0.15) is 0 Å². The molecule has 0 aliphatic rings. The molecule has 0 heterocycles. The number of rotatable bonds is 5. The Kier molecular flexibility index (Phi) is 5.02. The molecule has 2 atom stereocenters. The Morgan fingerprint density at radius 3 is 2.55 bits per heavy atom. The fraction of sp³-hybridized carbons (Fsp3) is 0.353. The van der Waals surface area contributed by atoms with E-state index >= 15 is 0 Å². The summed E-state index contributed by atoms with van der Waals surface area (Å²) >= 11 is 5.93. The first-order chi connectivity index (χ1) is 9.54. The molecule has 2 nitrogen and oxygen atoms in total. The van der Waals surface area contributed by atoms with Crippen LogP contribution in [0.4, 0.5) is 0 Å². The van der Waals surface area contributed by atoms with E-state index < -0.39 is 0 Å². The van der Waals surface area contributed by atoms with Gasteiger partial charge in [0.1, 0.15) is 0 Å². The SMILES string of the molecule is CC(Cl)CC(C)NC(=O)Cc1ccc2ccccc2c1. The van der Waals surface area contributed by atoms with Crippen LogP contribution in [0.25, 0.3) is 10.8 Å². The van der Waals surface area contributed by atoms with Crippen LogP contribution in [-0.2, 0) is 11.2 Å². The lowest BCUT2D eigenvalue weighted by atomic mass is 10.0. The van der Waals surface area contributed by atoms with Gasteiger partial charge in [0.05, 0.1) is 6.42 Å². The first-order valence-corrected chi connectivity index (χ1v) is 7.39.